The van der Waals surface area contributed by atoms with Crippen molar-refractivity contribution >= 4 is 50.9 Å². The van der Waals surface area contributed by atoms with Crippen molar-refractivity contribution in [2.75, 3.05) is 18.3 Å². The maximum absolute atomic E-state index is 13.1. The Kier molecular flexibility index (Phi) is 5.21. The van der Waals surface area contributed by atoms with Gasteiger partial charge in [-0.1, -0.05) is 18.2 Å². The number of anilines is 1. The molecule has 0 saturated carbocycles. The summed E-state index contributed by atoms with van der Waals surface area (Å²) in [6, 6.07) is 9.36. The summed E-state index contributed by atoms with van der Waals surface area (Å²) in [5.74, 6) is 0. The number of hydrogen-bond donors (Lipinski definition) is 1. The Morgan fingerprint density at radius 1 is 1.19 bits per heavy atom. The molecule has 0 atom stereocenters. The molecular weight excluding hydrogens is 392 g/mol. The van der Waals surface area contributed by atoms with Crippen molar-refractivity contribution in [3.8, 4) is 0 Å². The van der Waals surface area contributed by atoms with Crippen LogP contribution >= 0.6 is 24.1 Å². The van der Waals surface area contributed by atoms with Gasteiger partial charge in [0.1, 0.15) is 15.9 Å². The first kappa shape index (κ1) is 19.0. The molecule has 0 spiro atoms. The summed E-state index contributed by atoms with van der Waals surface area (Å²) >= 11 is 1.02. The van der Waals surface area contributed by atoms with E-state index in [4.69, 9.17) is 0 Å². The number of halogens is 1. The van der Waals surface area contributed by atoms with Gasteiger partial charge in [0.05, 0.1) is 17.4 Å². The lowest BCUT2D eigenvalue weighted by Gasteiger charge is -2.27. The zero-order valence-electron chi connectivity index (χ0n) is 14.4. The minimum atomic E-state index is -3.76. The van der Waals surface area contributed by atoms with Gasteiger partial charge >= 0.3 is 0 Å². The number of hydrogen-bond acceptors (Lipinski definition) is 6. The predicted molar refractivity (Wildman–Crippen MR) is 107 cm³/mol. The van der Waals surface area contributed by atoms with Crippen LogP contribution in [0.15, 0.2) is 35.2 Å². The second kappa shape index (κ2) is 7.11. The van der Waals surface area contributed by atoms with Gasteiger partial charge in [-0.3, -0.25) is 4.72 Å². The first-order chi connectivity index (χ1) is 12.0. The fourth-order valence-electron chi connectivity index (χ4n) is 3.28. The summed E-state index contributed by atoms with van der Waals surface area (Å²) in [5.41, 5.74) is 4.58. The first-order valence-corrected chi connectivity index (χ1v) is 10.2. The van der Waals surface area contributed by atoms with Gasteiger partial charge in [0.2, 0.25) is 0 Å². The van der Waals surface area contributed by atoms with Crippen LogP contribution in [0.3, 0.4) is 0 Å². The minimum absolute atomic E-state index is 0. The van der Waals surface area contributed by atoms with Crippen LogP contribution < -0.4 is 4.72 Å². The predicted octanol–water partition coefficient (Wildman–Crippen LogP) is 3.21. The molecule has 1 aromatic heterocycles. The SMILES string of the molecule is Cc1ccc2nsnc2c1S(=O)(=O)Nc1cccc2c1CN(C)CC2.Cl. The van der Waals surface area contributed by atoms with E-state index in [-0.39, 0.29) is 17.3 Å². The molecule has 0 radical (unpaired) electrons. The Balaban J connectivity index is 0.00000196. The average molecular weight is 411 g/mol. The molecule has 6 nitrogen and oxygen atoms in total. The van der Waals surface area contributed by atoms with E-state index in [1.807, 2.05) is 19.2 Å². The Bertz CT molecular complexity index is 1070. The highest BCUT2D eigenvalue weighted by atomic mass is 35.5. The van der Waals surface area contributed by atoms with E-state index in [2.05, 4.69) is 24.4 Å². The Labute approximate surface area is 163 Å². The molecule has 9 heteroatoms. The fourth-order valence-corrected chi connectivity index (χ4v) is 5.36. The smallest absolute Gasteiger partial charge is 0.264 e. The molecule has 26 heavy (non-hydrogen) atoms. The molecule has 0 amide bonds. The third-order valence-electron chi connectivity index (χ3n) is 4.56. The summed E-state index contributed by atoms with van der Waals surface area (Å²) < 4.78 is 37.4. The molecule has 0 aliphatic carbocycles. The summed E-state index contributed by atoms with van der Waals surface area (Å²) in [5, 5.41) is 0. The molecule has 2 aromatic carbocycles. The van der Waals surface area contributed by atoms with Gasteiger partial charge in [-0.25, -0.2) is 8.42 Å². The van der Waals surface area contributed by atoms with Crippen LogP contribution in [0.5, 0.6) is 0 Å². The normalized spacial score (nSPS) is 14.7. The molecule has 1 N–H and O–H groups in total. The number of benzene rings is 2. The van der Waals surface area contributed by atoms with Gasteiger partial charge in [0.15, 0.2) is 0 Å². The van der Waals surface area contributed by atoms with Crippen molar-refractivity contribution < 1.29 is 8.42 Å². The molecular formula is C17H19ClN4O2S2. The van der Waals surface area contributed by atoms with Crippen LogP contribution in [0.25, 0.3) is 11.0 Å². The zero-order chi connectivity index (χ0) is 17.6. The van der Waals surface area contributed by atoms with E-state index in [0.29, 0.717) is 22.3 Å². The van der Waals surface area contributed by atoms with Crippen molar-refractivity contribution in [1.82, 2.24) is 13.6 Å². The molecule has 2 heterocycles. The van der Waals surface area contributed by atoms with Crippen LogP contribution in [-0.2, 0) is 23.0 Å². The van der Waals surface area contributed by atoms with Crippen molar-refractivity contribution in [1.29, 1.82) is 0 Å². The highest BCUT2D eigenvalue weighted by Crippen LogP contribution is 2.30. The standard InChI is InChI=1S/C17H18N4O2S2.ClH/c1-11-6-7-15-16(19-24-18-15)17(11)25(22,23)20-14-5-3-4-12-8-9-21(2)10-13(12)14;/h3-7,20H,8-10H2,1-2H3;1H. The molecule has 0 unspecified atom stereocenters. The number of aryl methyl sites for hydroxylation is 1. The summed E-state index contributed by atoms with van der Waals surface area (Å²) in [6.45, 7) is 3.49. The van der Waals surface area contributed by atoms with Crippen LogP contribution in [0.4, 0.5) is 5.69 Å². The van der Waals surface area contributed by atoms with Crippen molar-refractivity contribution in [2.24, 2.45) is 0 Å². The zero-order valence-corrected chi connectivity index (χ0v) is 16.8. The number of sulfonamides is 1. The monoisotopic (exact) mass is 410 g/mol. The van der Waals surface area contributed by atoms with E-state index >= 15 is 0 Å². The van der Waals surface area contributed by atoms with Crippen LogP contribution in [-0.4, -0.2) is 35.7 Å². The van der Waals surface area contributed by atoms with E-state index in [1.165, 1.54) is 5.56 Å². The van der Waals surface area contributed by atoms with Gasteiger partial charge in [-0.15, -0.1) is 12.4 Å². The van der Waals surface area contributed by atoms with Gasteiger partial charge in [0.25, 0.3) is 10.0 Å². The summed E-state index contributed by atoms with van der Waals surface area (Å²) in [4.78, 5) is 2.40. The lowest BCUT2D eigenvalue weighted by atomic mass is 9.99. The summed E-state index contributed by atoms with van der Waals surface area (Å²) in [6.07, 6.45) is 0.923. The molecule has 1 aliphatic rings. The molecule has 138 valence electrons. The first-order valence-electron chi connectivity index (χ1n) is 8.00. The van der Waals surface area contributed by atoms with Crippen LogP contribution in [0.2, 0.25) is 0 Å². The largest absolute Gasteiger partial charge is 0.302 e. The molecule has 4 rings (SSSR count). The molecule has 1 aliphatic heterocycles. The number of nitrogens with one attached hydrogen (secondary N) is 1. The van der Waals surface area contributed by atoms with Gasteiger partial charge in [-0.05, 0) is 49.2 Å². The summed E-state index contributed by atoms with van der Waals surface area (Å²) in [7, 11) is -1.71. The Morgan fingerprint density at radius 3 is 2.81 bits per heavy atom. The highest BCUT2D eigenvalue weighted by Gasteiger charge is 2.25. The van der Waals surface area contributed by atoms with Crippen LogP contribution in [0, 0.1) is 6.92 Å². The van der Waals surface area contributed by atoms with Crippen molar-refractivity contribution in [3.63, 3.8) is 0 Å². The van der Waals surface area contributed by atoms with Crippen molar-refractivity contribution in [2.45, 2.75) is 24.8 Å². The number of rotatable bonds is 3. The number of likely N-dealkylation sites (N-methyl/N-ethyl adjacent to an activating group) is 1. The molecule has 0 fully saturated rings. The van der Waals surface area contributed by atoms with Gasteiger partial charge < -0.3 is 4.90 Å². The maximum atomic E-state index is 13.1. The topological polar surface area (TPSA) is 75.2 Å². The minimum Gasteiger partial charge on any atom is -0.302 e. The number of fused-ring (bicyclic) bond motifs is 2. The number of nitrogens with zero attached hydrogens (tertiary/aromatic N) is 3. The van der Waals surface area contributed by atoms with Gasteiger partial charge in [0, 0.05) is 13.1 Å². The molecule has 3 aromatic rings. The van der Waals surface area contributed by atoms with Crippen LogP contribution in [0.1, 0.15) is 16.7 Å². The third kappa shape index (κ3) is 3.29. The molecule has 0 bridgehead atoms. The van der Waals surface area contributed by atoms with E-state index in [0.717, 1.165) is 36.8 Å². The highest BCUT2D eigenvalue weighted by molar-refractivity contribution is 7.93. The van der Waals surface area contributed by atoms with E-state index in [1.54, 1.807) is 19.1 Å². The lowest BCUT2D eigenvalue weighted by molar-refractivity contribution is 0.313. The van der Waals surface area contributed by atoms with Gasteiger partial charge in [-0.2, -0.15) is 8.75 Å². The fraction of sp³-hybridized carbons (Fsp3) is 0.294. The quantitative estimate of drug-likeness (QED) is 0.717. The number of aromatic nitrogens is 2. The third-order valence-corrected chi connectivity index (χ3v) is 6.64. The van der Waals surface area contributed by atoms with Crippen molar-refractivity contribution in [3.05, 3.63) is 47.0 Å². The Morgan fingerprint density at radius 2 is 2.00 bits per heavy atom. The van der Waals surface area contributed by atoms with E-state index < -0.39 is 10.0 Å². The lowest BCUT2D eigenvalue weighted by Crippen LogP contribution is -2.28. The second-order valence-corrected chi connectivity index (χ2v) is 8.53. The second-order valence-electron chi connectivity index (χ2n) is 6.38. The van der Waals surface area contributed by atoms with E-state index in [9.17, 15) is 8.42 Å². The Hall–Kier alpha value is -1.74. The molecule has 0 saturated heterocycles. The maximum Gasteiger partial charge on any atom is 0.264 e. The average Bonchev–Trinajstić information content (AvgIpc) is 3.03.